The lowest BCUT2D eigenvalue weighted by molar-refractivity contribution is 1.23. The first kappa shape index (κ1) is 11.7. The zero-order chi connectivity index (χ0) is 10.2. The molecule has 0 aromatic rings. The van der Waals surface area contributed by atoms with E-state index >= 15 is 0 Å². The van der Waals surface area contributed by atoms with E-state index in [-0.39, 0.29) is 0 Å². The highest BCUT2D eigenvalue weighted by Gasteiger charge is 1.94. The van der Waals surface area contributed by atoms with Crippen molar-refractivity contribution in [3.05, 3.63) is 47.3 Å². The summed E-state index contributed by atoms with van der Waals surface area (Å²) in [6, 6.07) is 0. The van der Waals surface area contributed by atoms with Gasteiger partial charge in [-0.2, -0.15) is 0 Å². The third-order valence-electron chi connectivity index (χ3n) is 1.77. The van der Waals surface area contributed by atoms with Gasteiger partial charge in [-0.3, -0.25) is 0 Å². The maximum Gasteiger partial charge on any atom is 0.0157 e. The molecule has 0 amide bonds. The van der Waals surface area contributed by atoms with Crippen LogP contribution in [0, 0.1) is 0 Å². The summed E-state index contributed by atoms with van der Waals surface area (Å²) in [6.07, 6.45) is 10.9. The SMILES string of the molecule is C=C1C=CCCS1.C=C1CC=CCS1. The Bertz CT molecular complexity index is 261. The van der Waals surface area contributed by atoms with Gasteiger partial charge in [-0.25, -0.2) is 0 Å². The van der Waals surface area contributed by atoms with Crippen molar-refractivity contribution in [1.82, 2.24) is 0 Å². The van der Waals surface area contributed by atoms with E-state index in [1.54, 1.807) is 0 Å². The van der Waals surface area contributed by atoms with Gasteiger partial charge in [0.25, 0.3) is 0 Å². The Labute approximate surface area is 95.2 Å². The molecule has 0 aliphatic carbocycles. The molecule has 0 radical (unpaired) electrons. The lowest BCUT2D eigenvalue weighted by Gasteiger charge is -2.02. The molecule has 0 aromatic heterocycles. The van der Waals surface area contributed by atoms with Crippen molar-refractivity contribution < 1.29 is 0 Å². The molecule has 14 heavy (non-hydrogen) atoms. The molecule has 0 unspecified atom stereocenters. The first-order chi connectivity index (χ1) is 6.79. The topological polar surface area (TPSA) is 0 Å². The van der Waals surface area contributed by atoms with E-state index in [9.17, 15) is 0 Å². The smallest absolute Gasteiger partial charge is 0.0157 e. The van der Waals surface area contributed by atoms with Crippen LogP contribution >= 0.6 is 23.5 Å². The molecule has 0 nitrogen and oxygen atoms in total. The number of thioether (sulfide) groups is 2. The summed E-state index contributed by atoms with van der Waals surface area (Å²) in [7, 11) is 0. The van der Waals surface area contributed by atoms with Crippen LogP contribution in [0.5, 0.6) is 0 Å². The first-order valence-electron chi connectivity index (χ1n) is 4.73. The van der Waals surface area contributed by atoms with Crippen LogP contribution in [0.4, 0.5) is 0 Å². The molecular weight excluding hydrogens is 208 g/mol. The van der Waals surface area contributed by atoms with Crippen LogP contribution in [0.2, 0.25) is 0 Å². The van der Waals surface area contributed by atoms with Gasteiger partial charge in [0.2, 0.25) is 0 Å². The van der Waals surface area contributed by atoms with Gasteiger partial charge in [0.05, 0.1) is 0 Å². The number of hydrogen-bond acceptors (Lipinski definition) is 2. The minimum Gasteiger partial charge on any atom is -0.127 e. The number of hydrogen-bond donors (Lipinski definition) is 0. The zero-order valence-corrected chi connectivity index (χ0v) is 10.0. The third-order valence-corrected chi connectivity index (χ3v) is 3.65. The predicted octanol–water partition coefficient (Wildman–Crippen LogP) is 4.39. The second-order valence-electron chi connectivity index (χ2n) is 3.03. The molecule has 0 aromatic carbocycles. The fourth-order valence-corrected chi connectivity index (χ4v) is 2.42. The van der Waals surface area contributed by atoms with Crippen molar-refractivity contribution >= 4 is 23.5 Å². The molecule has 0 N–H and O–H groups in total. The fourth-order valence-electron chi connectivity index (χ4n) is 1.03. The van der Waals surface area contributed by atoms with Crippen LogP contribution in [0.1, 0.15) is 12.8 Å². The third kappa shape index (κ3) is 5.40. The van der Waals surface area contributed by atoms with Gasteiger partial charge in [0.15, 0.2) is 0 Å². The number of allylic oxidation sites excluding steroid dienone is 4. The quantitative estimate of drug-likeness (QED) is 0.560. The van der Waals surface area contributed by atoms with Crippen molar-refractivity contribution in [2.24, 2.45) is 0 Å². The van der Waals surface area contributed by atoms with Crippen molar-refractivity contribution in [2.45, 2.75) is 12.8 Å². The van der Waals surface area contributed by atoms with Crippen LogP contribution < -0.4 is 0 Å². The predicted molar refractivity (Wildman–Crippen MR) is 70.7 cm³/mol. The van der Waals surface area contributed by atoms with Crippen molar-refractivity contribution in [3.8, 4) is 0 Å². The molecule has 0 spiro atoms. The summed E-state index contributed by atoms with van der Waals surface area (Å²) in [4.78, 5) is 2.49. The van der Waals surface area contributed by atoms with Gasteiger partial charge in [0, 0.05) is 11.5 Å². The molecule has 2 aliphatic heterocycles. The number of rotatable bonds is 0. The van der Waals surface area contributed by atoms with Gasteiger partial charge in [-0.1, -0.05) is 37.5 Å². The lowest BCUT2D eigenvalue weighted by atomic mass is 10.4. The van der Waals surface area contributed by atoms with Gasteiger partial charge in [0.1, 0.15) is 0 Å². The largest absolute Gasteiger partial charge is 0.127 e. The summed E-state index contributed by atoms with van der Waals surface area (Å²) >= 11 is 3.67. The zero-order valence-electron chi connectivity index (χ0n) is 8.37. The van der Waals surface area contributed by atoms with E-state index in [4.69, 9.17) is 0 Å². The summed E-state index contributed by atoms with van der Waals surface area (Å²) in [6.45, 7) is 7.62. The highest BCUT2D eigenvalue weighted by Crippen LogP contribution is 2.21. The molecule has 0 atom stereocenters. The van der Waals surface area contributed by atoms with E-state index in [0.717, 1.165) is 12.2 Å². The maximum atomic E-state index is 3.83. The van der Waals surface area contributed by atoms with Crippen molar-refractivity contribution in [1.29, 1.82) is 0 Å². The first-order valence-corrected chi connectivity index (χ1v) is 6.70. The molecule has 0 fully saturated rings. The minimum atomic E-state index is 1.07. The van der Waals surface area contributed by atoms with Gasteiger partial charge < -0.3 is 0 Å². The molecule has 76 valence electrons. The molecule has 2 rings (SSSR count). The summed E-state index contributed by atoms with van der Waals surface area (Å²) in [5, 5.41) is 0. The Morgan fingerprint density at radius 2 is 1.93 bits per heavy atom. The standard InChI is InChI=1S/2C6H8S/c2*1-6-4-2-3-5-7-6/h2,4H,1,3,5H2;2-3H,1,4-5H2. The average molecular weight is 224 g/mol. The normalized spacial score (nSPS) is 20.3. The summed E-state index contributed by atoms with van der Waals surface area (Å²) in [5.74, 6) is 2.34. The average Bonchev–Trinajstić information content (AvgIpc) is 2.21. The van der Waals surface area contributed by atoms with Gasteiger partial charge in [-0.15, -0.1) is 23.5 Å². The Morgan fingerprint density at radius 1 is 1.07 bits per heavy atom. The Kier molecular flexibility index (Phi) is 5.88. The van der Waals surface area contributed by atoms with Gasteiger partial charge in [-0.05, 0) is 22.7 Å². The Hall–Kier alpha value is -0.340. The Balaban J connectivity index is 0.000000140. The maximum absolute atomic E-state index is 3.83. The molecule has 0 saturated carbocycles. The monoisotopic (exact) mass is 224 g/mol. The molecule has 0 saturated heterocycles. The van der Waals surface area contributed by atoms with E-state index in [1.807, 2.05) is 23.5 Å². The molecule has 2 aliphatic rings. The van der Waals surface area contributed by atoms with Crippen LogP contribution in [-0.4, -0.2) is 11.5 Å². The van der Waals surface area contributed by atoms with E-state index in [1.165, 1.54) is 22.0 Å². The fraction of sp³-hybridized carbons (Fsp3) is 0.333. The molecule has 2 heterocycles. The second kappa shape index (κ2) is 7.02. The van der Waals surface area contributed by atoms with Crippen LogP contribution in [0.15, 0.2) is 47.3 Å². The van der Waals surface area contributed by atoms with Crippen LogP contribution in [0.3, 0.4) is 0 Å². The van der Waals surface area contributed by atoms with Crippen molar-refractivity contribution in [3.63, 3.8) is 0 Å². The van der Waals surface area contributed by atoms with E-state index < -0.39 is 0 Å². The Morgan fingerprint density at radius 3 is 2.21 bits per heavy atom. The second-order valence-corrected chi connectivity index (χ2v) is 5.45. The van der Waals surface area contributed by atoms with E-state index in [0.29, 0.717) is 0 Å². The minimum absolute atomic E-state index is 1.07. The van der Waals surface area contributed by atoms with Crippen molar-refractivity contribution in [2.75, 3.05) is 11.5 Å². The summed E-state index contributed by atoms with van der Waals surface area (Å²) in [5.41, 5.74) is 0. The lowest BCUT2D eigenvalue weighted by Crippen LogP contribution is -1.81. The van der Waals surface area contributed by atoms with Crippen LogP contribution in [0.25, 0.3) is 0 Å². The molecule has 2 heteroatoms. The highest BCUT2D eigenvalue weighted by molar-refractivity contribution is 8.03. The highest BCUT2D eigenvalue weighted by atomic mass is 32.2. The molecular formula is C12H16S2. The van der Waals surface area contributed by atoms with Crippen LogP contribution in [-0.2, 0) is 0 Å². The molecule has 0 bridgehead atoms. The van der Waals surface area contributed by atoms with E-state index in [2.05, 4.69) is 37.5 Å². The van der Waals surface area contributed by atoms with Gasteiger partial charge >= 0.3 is 0 Å². The summed E-state index contributed by atoms with van der Waals surface area (Å²) < 4.78 is 0.